The lowest BCUT2D eigenvalue weighted by Gasteiger charge is -2.31. The molecule has 2 atom stereocenters. The molecular weight excluding hydrogens is 247 g/mol. The minimum atomic E-state index is -0.667. The predicted molar refractivity (Wildman–Crippen MR) is 71.7 cm³/mol. The molecule has 2 aliphatic rings. The van der Waals surface area contributed by atoms with Gasteiger partial charge in [0.2, 0.25) is 0 Å². The number of carbonyl (C=O) groups excluding carboxylic acids is 1. The fourth-order valence-electron chi connectivity index (χ4n) is 2.98. The van der Waals surface area contributed by atoms with E-state index < -0.39 is 6.17 Å². The summed E-state index contributed by atoms with van der Waals surface area (Å²) >= 11 is 0. The molecule has 1 N–H and O–H groups in total. The van der Waals surface area contributed by atoms with Gasteiger partial charge in [-0.2, -0.15) is 0 Å². The Morgan fingerprint density at radius 1 is 1.42 bits per heavy atom. The third kappa shape index (κ3) is 4.42. The minimum absolute atomic E-state index is 0.0418. The lowest BCUT2D eigenvalue weighted by atomic mass is 9.96. The monoisotopic (exact) mass is 272 g/mol. The number of alkyl halides is 1. The second-order valence-corrected chi connectivity index (χ2v) is 5.59. The summed E-state index contributed by atoms with van der Waals surface area (Å²) in [4.78, 5) is 14.0. The molecule has 19 heavy (non-hydrogen) atoms. The van der Waals surface area contributed by atoms with Crippen LogP contribution in [0.5, 0.6) is 0 Å². The molecule has 2 aliphatic heterocycles. The van der Waals surface area contributed by atoms with Crippen LogP contribution >= 0.6 is 0 Å². The Hall–Kier alpha value is -0.680. The molecule has 0 saturated carbocycles. The molecule has 2 heterocycles. The second-order valence-electron chi connectivity index (χ2n) is 5.59. The standard InChI is InChI=1S/C14H25FN2O2/c1-2-19-14(18)11-3-6-17(7-4-11)8-5-13-9-12(15)10-16-13/h11-13,16H,2-10H2,1H3/t12-,13+/m0/s1. The quantitative estimate of drug-likeness (QED) is 0.767. The van der Waals surface area contributed by atoms with E-state index in [4.69, 9.17) is 4.74 Å². The van der Waals surface area contributed by atoms with Crippen LogP contribution in [0.1, 0.15) is 32.6 Å². The van der Waals surface area contributed by atoms with Gasteiger partial charge in [-0.15, -0.1) is 0 Å². The maximum Gasteiger partial charge on any atom is 0.309 e. The van der Waals surface area contributed by atoms with Crippen LogP contribution in [0.15, 0.2) is 0 Å². The van der Waals surface area contributed by atoms with Gasteiger partial charge in [-0.3, -0.25) is 4.79 Å². The van der Waals surface area contributed by atoms with Crippen LogP contribution in [0.25, 0.3) is 0 Å². The van der Waals surface area contributed by atoms with Gasteiger partial charge in [-0.05, 0) is 52.2 Å². The van der Waals surface area contributed by atoms with E-state index in [9.17, 15) is 9.18 Å². The Morgan fingerprint density at radius 2 is 2.16 bits per heavy atom. The van der Waals surface area contributed by atoms with Crippen LogP contribution in [0.2, 0.25) is 0 Å². The van der Waals surface area contributed by atoms with E-state index in [0.29, 0.717) is 25.6 Å². The van der Waals surface area contributed by atoms with Gasteiger partial charge >= 0.3 is 5.97 Å². The number of nitrogens with one attached hydrogen (secondary N) is 1. The number of rotatable bonds is 5. The van der Waals surface area contributed by atoms with E-state index in [1.165, 1.54) is 0 Å². The lowest BCUT2D eigenvalue weighted by molar-refractivity contribution is -0.149. The van der Waals surface area contributed by atoms with Gasteiger partial charge in [-0.25, -0.2) is 4.39 Å². The molecular formula is C14H25FN2O2. The number of likely N-dealkylation sites (tertiary alicyclic amines) is 1. The van der Waals surface area contributed by atoms with E-state index in [1.54, 1.807) is 0 Å². The maximum absolute atomic E-state index is 13.0. The molecule has 2 rings (SSSR count). The molecule has 4 nitrogen and oxygen atoms in total. The zero-order valence-corrected chi connectivity index (χ0v) is 11.7. The molecule has 0 radical (unpaired) electrons. The van der Waals surface area contributed by atoms with Gasteiger partial charge < -0.3 is 15.0 Å². The van der Waals surface area contributed by atoms with Crippen LogP contribution in [-0.2, 0) is 9.53 Å². The first-order valence-corrected chi connectivity index (χ1v) is 7.45. The molecule has 2 saturated heterocycles. The van der Waals surface area contributed by atoms with Crippen molar-refractivity contribution in [3.63, 3.8) is 0 Å². The van der Waals surface area contributed by atoms with E-state index >= 15 is 0 Å². The van der Waals surface area contributed by atoms with Crippen molar-refractivity contribution in [1.82, 2.24) is 10.2 Å². The van der Waals surface area contributed by atoms with E-state index in [-0.39, 0.29) is 11.9 Å². The van der Waals surface area contributed by atoms with Gasteiger partial charge in [-0.1, -0.05) is 0 Å². The summed E-state index contributed by atoms with van der Waals surface area (Å²) in [6.45, 7) is 5.73. The number of esters is 1. The Labute approximate surface area is 114 Å². The smallest absolute Gasteiger partial charge is 0.309 e. The van der Waals surface area contributed by atoms with Gasteiger partial charge in [0, 0.05) is 12.6 Å². The third-order valence-corrected chi connectivity index (χ3v) is 4.17. The van der Waals surface area contributed by atoms with E-state index in [0.717, 1.165) is 38.9 Å². The van der Waals surface area contributed by atoms with Crippen molar-refractivity contribution in [3.05, 3.63) is 0 Å². The maximum atomic E-state index is 13.0. The van der Waals surface area contributed by atoms with Crippen LogP contribution in [0.3, 0.4) is 0 Å². The van der Waals surface area contributed by atoms with Crippen LogP contribution < -0.4 is 5.32 Å². The Kier molecular flexibility index (Phi) is 5.58. The van der Waals surface area contributed by atoms with Crippen LogP contribution in [0.4, 0.5) is 4.39 Å². The van der Waals surface area contributed by atoms with Crippen LogP contribution in [0, 0.1) is 5.92 Å². The normalized spacial score (nSPS) is 29.6. The molecule has 0 aromatic heterocycles. The van der Waals surface area contributed by atoms with Crippen molar-refractivity contribution in [3.8, 4) is 0 Å². The molecule has 0 aromatic rings. The number of ether oxygens (including phenoxy) is 1. The van der Waals surface area contributed by atoms with Gasteiger partial charge in [0.15, 0.2) is 0 Å². The average molecular weight is 272 g/mol. The topological polar surface area (TPSA) is 41.6 Å². The van der Waals surface area contributed by atoms with Crippen molar-refractivity contribution in [2.24, 2.45) is 5.92 Å². The summed E-state index contributed by atoms with van der Waals surface area (Å²) in [7, 11) is 0. The summed E-state index contributed by atoms with van der Waals surface area (Å²) in [6.07, 6.45) is 2.77. The van der Waals surface area contributed by atoms with E-state index in [1.807, 2.05) is 6.92 Å². The SMILES string of the molecule is CCOC(=O)C1CCN(CC[C@@H]2C[C@H](F)CN2)CC1. The Morgan fingerprint density at radius 3 is 2.74 bits per heavy atom. The predicted octanol–water partition coefficient (Wildman–Crippen LogP) is 1.35. The lowest BCUT2D eigenvalue weighted by Crippen LogP contribution is -2.39. The molecule has 0 aromatic carbocycles. The highest BCUT2D eigenvalue weighted by atomic mass is 19.1. The fourth-order valence-corrected chi connectivity index (χ4v) is 2.98. The third-order valence-electron chi connectivity index (χ3n) is 4.17. The highest BCUT2D eigenvalue weighted by molar-refractivity contribution is 5.72. The first-order valence-electron chi connectivity index (χ1n) is 7.45. The molecule has 0 amide bonds. The summed E-state index contributed by atoms with van der Waals surface area (Å²) in [5.74, 6) is 0.0379. The Bertz CT molecular complexity index is 293. The zero-order chi connectivity index (χ0) is 13.7. The zero-order valence-electron chi connectivity index (χ0n) is 11.7. The number of halogens is 1. The first kappa shape index (κ1) is 14.7. The number of piperidine rings is 1. The number of hydrogen-bond donors (Lipinski definition) is 1. The minimum Gasteiger partial charge on any atom is -0.466 e. The number of hydrogen-bond acceptors (Lipinski definition) is 4. The highest BCUT2D eigenvalue weighted by Crippen LogP contribution is 2.20. The van der Waals surface area contributed by atoms with Crippen molar-refractivity contribution in [2.45, 2.75) is 44.8 Å². The number of carbonyl (C=O) groups is 1. The Balaban J connectivity index is 1.62. The van der Waals surface area contributed by atoms with E-state index in [2.05, 4.69) is 10.2 Å². The van der Waals surface area contributed by atoms with Gasteiger partial charge in [0.25, 0.3) is 0 Å². The van der Waals surface area contributed by atoms with Crippen LogP contribution in [-0.4, -0.2) is 55.9 Å². The summed E-state index contributed by atoms with van der Waals surface area (Å²) < 4.78 is 18.1. The largest absolute Gasteiger partial charge is 0.466 e. The van der Waals surface area contributed by atoms with Gasteiger partial charge in [0.1, 0.15) is 6.17 Å². The molecule has 0 spiro atoms. The fraction of sp³-hybridized carbons (Fsp3) is 0.929. The summed E-state index contributed by atoms with van der Waals surface area (Å²) in [6, 6.07) is 0.331. The average Bonchev–Trinajstić information content (AvgIpc) is 2.83. The van der Waals surface area contributed by atoms with Gasteiger partial charge in [0.05, 0.1) is 12.5 Å². The first-order chi connectivity index (χ1) is 9.19. The van der Waals surface area contributed by atoms with Crippen molar-refractivity contribution >= 4 is 5.97 Å². The summed E-state index contributed by atoms with van der Waals surface area (Å²) in [5, 5.41) is 3.21. The molecule has 0 bridgehead atoms. The van der Waals surface area contributed by atoms with Crippen molar-refractivity contribution < 1.29 is 13.9 Å². The van der Waals surface area contributed by atoms with Crippen molar-refractivity contribution in [1.29, 1.82) is 0 Å². The number of nitrogens with zero attached hydrogens (tertiary/aromatic N) is 1. The molecule has 5 heteroatoms. The molecule has 0 aliphatic carbocycles. The van der Waals surface area contributed by atoms with Crippen molar-refractivity contribution in [2.75, 3.05) is 32.8 Å². The second kappa shape index (κ2) is 7.20. The molecule has 110 valence electrons. The summed E-state index contributed by atoms with van der Waals surface area (Å²) in [5.41, 5.74) is 0. The molecule has 0 unspecified atom stereocenters. The molecule has 2 fully saturated rings. The highest BCUT2D eigenvalue weighted by Gasteiger charge is 2.27.